The Morgan fingerprint density at radius 3 is 2.33 bits per heavy atom. The standard InChI is InChI=1S/C16H16N4O5.C3H4N2/c1-8(18-9(2)21)14(22)19-11-5-3-10(4-6-11)13-17-7-12(16(24)25)15(23)20-13;1-2-5-3-4-1/h3-8H,1-2H3,(H,18,21)(H,19,22)(H,24,25)(H,17,20,23);1-3H,(H,4,5)/t8-;/m1./s1. The Labute approximate surface area is 170 Å². The average molecular weight is 412 g/mol. The quantitative estimate of drug-likeness (QED) is 0.416. The van der Waals surface area contributed by atoms with Crippen molar-refractivity contribution < 1.29 is 19.5 Å². The van der Waals surface area contributed by atoms with E-state index in [4.69, 9.17) is 5.11 Å². The monoisotopic (exact) mass is 412 g/mol. The normalized spacial score (nSPS) is 10.9. The molecule has 0 unspecified atom stereocenters. The van der Waals surface area contributed by atoms with E-state index in [0.717, 1.165) is 6.20 Å². The van der Waals surface area contributed by atoms with Crippen LogP contribution in [0.25, 0.3) is 11.4 Å². The van der Waals surface area contributed by atoms with Gasteiger partial charge >= 0.3 is 5.97 Å². The van der Waals surface area contributed by atoms with Crippen molar-refractivity contribution in [2.24, 2.45) is 0 Å². The highest BCUT2D eigenvalue weighted by atomic mass is 16.4. The van der Waals surface area contributed by atoms with Gasteiger partial charge in [-0.25, -0.2) is 14.8 Å². The molecule has 30 heavy (non-hydrogen) atoms. The van der Waals surface area contributed by atoms with E-state index in [1.165, 1.54) is 6.92 Å². The molecule has 3 rings (SSSR count). The number of aromatic carboxylic acids is 1. The minimum absolute atomic E-state index is 0.208. The lowest BCUT2D eigenvalue weighted by atomic mass is 10.2. The van der Waals surface area contributed by atoms with Crippen molar-refractivity contribution in [2.45, 2.75) is 19.9 Å². The molecule has 156 valence electrons. The van der Waals surface area contributed by atoms with E-state index in [1.54, 1.807) is 49.9 Å². The number of nitrogens with one attached hydrogen (secondary N) is 4. The minimum atomic E-state index is -1.35. The first-order valence-electron chi connectivity index (χ1n) is 8.71. The molecule has 1 aromatic carbocycles. The number of amides is 2. The first-order chi connectivity index (χ1) is 14.3. The fraction of sp³-hybridized carbons (Fsp3) is 0.158. The van der Waals surface area contributed by atoms with Crippen molar-refractivity contribution in [1.82, 2.24) is 25.3 Å². The summed E-state index contributed by atoms with van der Waals surface area (Å²) in [7, 11) is 0. The molecule has 2 heterocycles. The molecule has 11 nitrogen and oxygen atoms in total. The predicted octanol–water partition coefficient (Wildman–Crippen LogP) is 1.01. The number of rotatable bonds is 5. The SMILES string of the molecule is CC(=O)N[C@H](C)C(=O)Nc1ccc(-c2ncc(C(=O)O)c(=O)[nH]2)cc1.c1c[nH]cn1. The fourth-order valence-electron chi connectivity index (χ4n) is 2.24. The molecular formula is C19H20N6O5. The van der Waals surface area contributed by atoms with Gasteiger partial charge in [-0.15, -0.1) is 0 Å². The van der Waals surface area contributed by atoms with Gasteiger partial charge in [-0.3, -0.25) is 14.4 Å². The van der Waals surface area contributed by atoms with E-state index >= 15 is 0 Å². The molecule has 5 N–H and O–H groups in total. The number of H-pyrrole nitrogens is 2. The molecule has 2 amide bonds. The molecule has 3 aromatic rings. The van der Waals surface area contributed by atoms with E-state index in [0.29, 0.717) is 11.3 Å². The molecule has 0 radical (unpaired) electrons. The van der Waals surface area contributed by atoms with Gasteiger partial charge in [-0.2, -0.15) is 0 Å². The van der Waals surface area contributed by atoms with Gasteiger partial charge in [0.1, 0.15) is 17.4 Å². The van der Waals surface area contributed by atoms with Crippen molar-refractivity contribution in [1.29, 1.82) is 0 Å². The molecule has 0 fully saturated rings. The number of aromatic nitrogens is 4. The van der Waals surface area contributed by atoms with Gasteiger partial charge in [0.2, 0.25) is 11.8 Å². The van der Waals surface area contributed by atoms with Gasteiger partial charge in [0.15, 0.2) is 0 Å². The number of carboxylic acids is 1. The second-order valence-corrected chi connectivity index (χ2v) is 6.03. The molecule has 0 aliphatic carbocycles. The number of imidazole rings is 1. The smallest absolute Gasteiger partial charge is 0.342 e. The van der Waals surface area contributed by atoms with Crippen LogP contribution in [-0.4, -0.2) is 48.9 Å². The average Bonchev–Trinajstić information content (AvgIpc) is 3.27. The molecule has 0 bridgehead atoms. The van der Waals surface area contributed by atoms with Crippen LogP contribution >= 0.6 is 0 Å². The Morgan fingerprint density at radius 2 is 1.87 bits per heavy atom. The van der Waals surface area contributed by atoms with Crippen LogP contribution in [0.1, 0.15) is 24.2 Å². The summed E-state index contributed by atoms with van der Waals surface area (Å²) in [5.74, 6) is -1.83. The second-order valence-electron chi connectivity index (χ2n) is 6.03. The molecule has 0 saturated carbocycles. The first-order valence-corrected chi connectivity index (χ1v) is 8.71. The minimum Gasteiger partial charge on any atom is -0.477 e. The third-order valence-electron chi connectivity index (χ3n) is 3.67. The molecule has 0 saturated heterocycles. The number of carbonyl (C=O) groups is 3. The van der Waals surface area contributed by atoms with Crippen LogP contribution in [0.5, 0.6) is 0 Å². The summed E-state index contributed by atoms with van der Waals surface area (Å²) in [6.07, 6.45) is 6.07. The third kappa shape index (κ3) is 6.41. The fourth-order valence-corrected chi connectivity index (χ4v) is 2.24. The topological polar surface area (TPSA) is 170 Å². The Bertz CT molecular complexity index is 1040. The Morgan fingerprint density at radius 1 is 1.17 bits per heavy atom. The number of carboxylic acid groups (broad SMARTS) is 1. The summed E-state index contributed by atoms with van der Waals surface area (Å²) < 4.78 is 0. The number of benzene rings is 1. The Balaban J connectivity index is 0.000000558. The predicted molar refractivity (Wildman–Crippen MR) is 108 cm³/mol. The molecule has 0 spiro atoms. The highest BCUT2D eigenvalue weighted by molar-refractivity contribution is 5.96. The van der Waals surface area contributed by atoms with Crippen LogP contribution < -0.4 is 16.2 Å². The van der Waals surface area contributed by atoms with Crippen LogP contribution in [-0.2, 0) is 9.59 Å². The van der Waals surface area contributed by atoms with E-state index < -0.39 is 23.1 Å². The lowest BCUT2D eigenvalue weighted by Crippen LogP contribution is -2.40. The van der Waals surface area contributed by atoms with Gasteiger partial charge in [0, 0.05) is 36.8 Å². The lowest BCUT2D eigenvalue weighted by molar-refractivity contribution is -0.124. The zero-order chi connectivity index (χ0) is 22.1. The molecule has 2 aromatic heterocycles. The summed E-state index contributed by atoms with van der Waals surface area (Å²) in [5, 5.41) is 13.9. The van der Waals surface area contributed by atoms with Gasteiger partial charge in [0.05, 0.1) is 6.33 Å². The summed E-state index contributed by atoms with van der Waals surface area (Å²) in [4.78, 5) is 58.0. The molecule has 0 aliphatic rings. The van der Waals surface area contributed by atoms with Gasteiger partial charge in [-0.1, -0.05) is 0 Å². The van der Waals surface area contributed by atoms with E-state index in [1.807, 2.05) is 0 Å². The highest BCUT2D eigenvalue weighted by Crippen LogP contribution is 2.17. The maximum atomic E-state index is 11.9. The molecule has 0 aliphatic heterocycles. The van der Waals surface area contributed by atoms with Crippen LogP contribution in [0.2, 0.25) is 0 Å². The zero-order valence-corrected chi connectivity index (χ0v) is 16.2. The van der Waals surface area contributed by atoms with Crippen molar-refractivity contribution in [3.63, 3.8) is 0 Å². The Hall–Kier alpha value is -4.28. The number of hydrogen-bond donors (Lipinski definition) is 5. The highest BCUT2D eigenvalue weighted by Gasteiger charge is 2.14. The number of hydrogen-bond acceptors (Lipinski definition) is 6. The lowest BCUT2D eigenvalue weighted by Gasteiger charge is -2.13. The Kier molecular flexibility index (Phi) is 7.57. The van der Waals surface area contributed by atoms with Crippen LogP contribution in [0.3, 0.4) is 0 Å². The second kappa shape index (κ2) is 10.3. The van der Waals surface area contributed by atoms with Gasteiger partial charge < -0.3 is 25.7 Å². The summed E-state index contributed by atoms with van der Waals surface area (Å²) in [6.45, 7) is 2.88. The maximum Gasteiger partial charge on any atom is 0.342 e. The number of nitrogens with zero attached hydrogens (tertiary/aromatic N) is 2. The first kappa shape index (κ1) is 22.0. The number of aromatic amines is 2. The zero-order valence-electron chi connectivity index (χ0n) is 16.2. The van der Waals surface area contributed by atoms with Crippen molar-refractivity contribution in [3.8, 4) is 11.4 Å². The van der Waals surface area contributed by atoms with Crippen LogP contribution in [0, 0.1) is 0 Å². The largest absolute Gasteiger partial charge is 0.477 e. The molecule has 1 atom stereocenters. The number of anilines is 1. The third-order valence-corrected chi connectivity index (χ3v) is 3.67. The summed E-state index contributed by atoms with van der Waals surface area (Å²) in [6, 6.07) is 5.73. The van der Waals surface area contributed by atoms with Crippen LogP contribution in [0.15, 0.2) is 54.0 Å². The van der Waals surface area contributed by atoms with Gasteiger partial charge in [0.25, 0.3) is 5.56 Å². The van der Waals surface area contributed by atoms with Crippen molar-refractivity contribution >= 4 is 23.5 Å². The molecular weight excluding hydrogens is 392 g/mol. The summed E-state index contributed by atoms with van der Waals surface area (Å²) in [5.41, 5.74) is -0.156. The van der Waals surface area contributed by atoms with Crippen molar-refractivity contribution in [3.05, 3.63) is 65.1 Å². The van der Waals surface area contributed by atoms with E-state index in [9.17, 15) is 19.2 Å². The van der Waals surface area contributed by atoms with Crippen LogP contribution in [0.4, 0.5) is 5.69 Å². The molecule has 11 heteroatoms. The van der Waals surface area contributed by atoms with E-state index in [2.05, 4.69) is 30.6 Å². The van der Waals surface area contributed by atoms with E-state index in [-0.39, 0.29) is 17.6 Å². The van der Waals surface area contributed by atoms with Crippen molar-refractivity contribution in [2.75, 3.05) is 5.32 Å². The maximum absolute atomic E-state index is 11.9. The van der Waals surface area contributed by atoms with Gasteiger partial charge in [-0.05, 0) is 31.2 Å². The number of carbonyl (C=O) groups excluding carboxylic acids is 2. The summed E-state index contributed by atoms with van der Waals surface area (Å²) >= 11 is 0.